The highest BCUT2D eigenvalue weighted by atomic mass is 15.1. The van der Waals surface area contributed by atoms with Crippen molar-refractivity contribution in [2.75, 3.05) is 52.1 Å². The van der Waals surface area contributed by atoms with E-state index in [0.717, 1.165) is 0 Å². The molecule has 0 fully saturated rings. The molecule has 3 nitrogen and oxygen atoms in total. The maximum absolute atomic E-state index is 2.21. The predicted molar refractivity (Wildman–Crippen MR) is 130 cm³/mol. The number of rotatable bonds is 4. The van der Waals surface area contributed by atoms with E-state index in [-0.39, 0.29) is 7.43 Å². The first kappa shape index (κ1) is 22.2. The van der Waals surface area contributed by atoms with Crippen molar-refractivity contribution < 1.29 is 4.58 Å². The molecule has 0 bridgehead atoms. The minimum absolute atomic E-state index is 0. The minimum atomic E-state index is 0. The average molecular weight is 389 g/mol. The van der Waals surface area contributed by atoms with E-state index in [1.54, 1.807) is 0 Å². The molecule has 0 saturated heterocycles. The number of benzene rings is 2. The Labute approximate surface area is 176 Å². The summed E-state index contributed by atoms with van der Waals surface area (Å²) in [5.41, 5.74) is 8.53. The SMILES string of the molecule is C.CN(C)c1ccc(C(=C2C=CC(=[N+](C)C)C=C2)c2ccc(N(C)C)cc2)cc1. The van der Waals surface area contributed by atoms with Crippen LogP contribution in [0.4, 0.5) is 11.4 Å². The Hall–Kier alpha value is -3.07. The van der Waals surface area contributed by atoms with Gasteiger partial charge >= 0.3 is 0 Å². The van der Waals surface area contributed by atoms with Crippen LogP contribution in [-0.2, 0) is 0 Å². The van der Waals surface area contributed by atoms with Crippen LogP contribution in [0.25, 0.3) is 5.57 Å². The van der Waals surface area contributed by atoms with Gasteiger partial charge in [-0.05, 0) is 58.7 Å². The van der Waals surface area contributed by atoms with Gasteiger partial charge in [0.15, 0.2) is 5.71 Å². The fourth-order valence-electron chi connectivity index (χ4n) is 3.28. The molecular weight excluding hydrogens is 354 g/mol. The molecule has 1 aliphatic rings. The van der Waals surface area contributed by atoms with Crippen molar-refractivity contribution in [1.82, 2.24) is 0 Å². The first-order chi connectivity index (χ1) is 13.4. The average Bonchev–Trinajstić information content (AvgIpc) is 2.69. The van der Waals surface area contributed by atoms with Gasteiger partial charge < -0.3 is 9.80 Å². The van der Waals surface area contributed by atoms with E-state index in [4.69, 9.17) is 0 Å². The van der Waals surface area contributed by atoms with Crippen LogP contribution in [0.3, 0.4) is 0 Å². The Morgan fingerprint density at radius 1 is 0.621 bits per heavy atom. The van der Waals surface area contributed by atoms with Crippen LogP contribution in [0.2, 0.25) is 0 Å². The van der Waals surface area contributed by atoms with Gasteiger partial charge in [0.2, 0.25) is 0 Å². The van der Waals surface area contributed by atoms with Crippen molar-refractivity contribution in [1.29, 1.82) is 0 Å². The molecule has 0 saturated carbocycles. The molecule has 0 aliphatic heterocycles. The summed E-state index contributed by atoms with van der Waals surface area (Å²) in [5.74, 6) is 0. The highest BCUT2D eigenvalue weighted by molar-refractivity contribution is 6.04. The Balaban J connectivity index is 0.00000300. The zero-order valence-corrected chi connectivity index (χ0v) is 17.8. The summed E-state index contributed by atoms with van der Waals surface area (Å²) in [6, 6.07) is 17.6. The maximum Gasteiger partial charge on any atom is 0.199 e. The molecule has 152 valence electrons. The van der Waals surface area contributed by atoms with Gasteiger partial charge in [-0.1, -0.05) is 31.7 Å². The molecule has 0 spiro atoms. The zero-order chi connectivity index (χ0) is 20.3. The maximum atomic E-state index is 2.21. The standard InChI is InChI=1S/C25H30N3.CH4/c1-26(2)22-13-7-19(8-14-22)25(20-9-15-23(16-10-20)27(3)4)21-11-17-24(18-12-21)28(5)6;/h7-18H,1-6H3;1H4/q+1;. The third-order valence-corrected chi connectivity index (χ3v) is 5.02. The first-order valence-electron chi connectivity index (χ1n) is 9.57. The fourth-order valence-corrected chi connectivity index (χ4v) is 3.28. The van der Waals surface area contributed by atoms with E-state index in [1.165, 1.54) is 39.4 Å². The second-order valence-corrected chi connectivity index (χ2v) is 7.70. The van der Waals surface area contributed by atoms with Gasteiger partial charge in [0.05, 0.1) is 0 Å². The van der Waals surface area contributed by atoms with Gasteiger partial charge in [-0.2, -0.15) is 0 Å². The molecule has 2 aromatic carbocycles. The minimum Gasteiger partial charge on any atom is -0.378 e. The number of hydrogen-bond acceptors (Lipinski definition) is 2. The summed E-state index contributed by atoms with van der Waals surface area (Å²) >= 11 is 0. The van der Waals surface area contributed by atoms with E-state index < -0.39 is 0 Å². The van der Waals surface area contributed by atoms with Crippen LogP contribution >= 0.6 is 0 Å². The molecule has 0 amide bonds. The van der Waals surface area contributed by atoms with Gasteiger partial charge in [0, 0.05) is 51.7 Å². The summed E-state index contributed by atoms with van der Waals surface area (Å²) in [7, 11) is 12.4. The molecule has 29 heavy (non-hydrogen) atoms. The van der Waals surface area contributed by atoms with Crippen molar-refractivity contribution in [2.45, 2.75) is 7.43 Å². The normalized spacial score (nSPS) is 12.5. The monoisotopic (exact) mass is 388 g/mol. The largest absolute Gasteiger partial charge is 0.378 e. The number of allylic oxidation sites excluding steroid dienone is 5. The highest BCUT2D eigenvalue weighted by Crippen LogP contribution is 2.31. The Morgan fingerprint density at radius 3 is 1.31 bits per heavy atom. The van der Waals surface area contributed by atoms with Gasteiger partial charge in [0.1, 0.15) is 14.1 Å². The van der Waals surface area contributed by atoms with E-state index >= 15 is 0 Å². The van der Waals surface area contributed by atoms with Crippen molar-refractivity contribution in [3.05, 3.63) is 89.5 Å². The van der Waals surface area contributed by atoms with Crippen LogP contribution in [0.5, 0.6) is 0 Å². The van der Waals surface area contributed by atoms with E-state index in [1.807, 2.05) is 0 Å². The third kappa shape index (κ3) is 5.05. The van der Waals surface area contributed by atoms with Crippen molar-refractivity contribution in [3.63, 3.8) is 0 Å². The van der Waals surface area contributed by atoms with Crippen LogP contribution in [-0.4, -0.2) is 52.6 Å². The van der Waals surface area contributed by atoms with Crippen LogP contribution in [0.15, 0.2) is 78.4 Å². The van der Waals surface area contributed by atoms with E-state index in [2.05, 4.69) is 129 Å². The lowest BCUT2D eigenvalue weighted by Crippen LogP contribution is -2.10. The summed E-state index contributed by atoms with van der Waals surface area (Å²) in [6.45, 7) is 0. The van der Waals surface area contributed by atoms with Crippen molar-refractivity contribution in [3.8, 4) is 0 Å². The number of nitrogens with zero attached hydrogens (tertiary/aromatic N) is 3. The zero-order valence-electron chi connectivity index (χ0n) is 17.8. The quantitative estimate of drug-likeness (QED) is 0.675. The second-order valence-electron chi connectivity index (χ2n) is 7.70. The Bertz CT molecular complexity index is 879. The lowest BCUT2D eigenvalue weighted by Gasteiger charge is -2.18. The number of anilines is 2. The molecule has 1 aliphatic carbocycles. The van der Waals surface area contributed by atoms with E-state index in [9.17, 15) is 0 Å². The van der Waals surface area contributed by atoms with E-state index in [0.29, 0.717) is 0 Å². The molecule has 0 N–H and O–H groups in total. The van der Waals surface area contributed by atoms with Crippen LogP contribution in [0, 0.1) is 0 Å². The highest BCUT2D eigenvalue weighted by Gasteiger charge is 2.13. The topological polar surface area (TPSA) is 9.49 Å². The molecule has 3 rings (SSSR count). The molecule has 2 aromatic rings. The smallest absolute Gasteiger partial charge is 0.199 e. The first-order valence-corrected chi connectivity index (χ1v) is 9.57. The summed E-state index contributed by atoms with van der Waals surface area (Å²) < 4.78 is 2.13. The van der Waals surface area contributed by atoms with Crippen LogP contribution < -0.4 is 9.80 Å². The van der Waals surface area contributed by atoms with Crippen LogP contribution in [0.1, 0.15) is 18.6 Å². The molecule has 0 unspecified atom stereocenters. The van der Waals surface area contributed by atoms with Crippen molar-refractivity contribution in [2.24, 2.45) is 0 Å². The van der Waals surface area contributed by atoms with Gasteiger partial charge in [-0.3, -0.25) is 0 Å². The van der Waals surface area contributed by atoms with Crippen molar-refractivity contribution >= 4 is 22.7 Å². The van der Waals surface area contributed by atoms with Gasteiger partial charge in [-0.25, -0.2) is 4.58 Å². The summed E-state index contributed by atoms with van der Waals surface area (Å²) in [4.78, 5) is 4.25. The second kappa shape index (κ2) is 9.42. The fraction of sp³-hybridized carbons (Fsp3) is 0.269. The number of hydrogen-bond donors (Lipinski definition) is 0. The predicted octanol–water partition coefficient (Wildman–Crippen LogP) is 5.10. The summed E-state index contributed by atoms with van der Waals surface area (Å²) in [6.07, 6.45) is 8.78. The molecular formula is C26H34N3+. The Kier molecular flexibility index (Phi) is 7.22. The third-order valence-electron chi connectivity index (χ3n) is 5.02. The lowest BCUT2D eigenvalue weighted by atomic mass is 9.90. The van der Waals surface area contributed by atoms with Gasteiger partial charge in [0.25, 0.3) is 0 Å². The van der Waals surface area contributed by atoms with Gasteiger partial charge in [-0.15, -0.1) is 0 Å². The molecule has 0 heterocycles. The summed E-state index contributed by atoms with van der Waals surface area (Å²) in [5, 5.41) is 0. The molecule has 0 atom stereocenters. The Morgan fingerprint density at radius 2 is 1.00 bits per heavy atom. The molecule has 3 heteroatoms. The molecule has 0 aromatic heterocycles. The lowest BCUT2D eigenvalue weighted by molar-refractivity contribution is -0.462. The molecule has 0 radical (unpaired) electrons.